The highest BCUT2D eigenvalue weighted by molar-refractivity contribution is 6.02. The fraction of sp³-hybridized carbons (Fsp3) is 0.154. The molecule has 0 fully saturated rings. The molecule has 1 aliphatic rings. The Morgan fingerprint density at radius 1 is 1.20 bits per heavy atom. The van der Waals surface area contributed by atoms with Gasteiger partial charge in [0, 0.05) is 12.0 Å². The molecule has 0 saturated heterocycles. The predicted octanol–water partition coefficient (Wildman–Crippen LogP) is 3.13. The molecule has 2 heteroatoms. The van der Waals surface area contributed by atoms with Crippen molar-refractivity contribution < 1.29 is 9.18 Å². The number of halogens is 1. The maximum Gasteiger partial charge on any atom is 0.156 e. The zero-order valence-corrected chi connectivity index (χ0v) is 8.29. The van der Waals surface area contributed by atoms with Crippen LogP contribution in [0, 0.1) is 5.82 Å². The quantitative estimate of drug-likeness (QED) is 0.683. The normalized spacial score (nSPS) is 16.5. The van der Waals surface area contributed by atoms with E-state index in [1.54, 1.807) is 18.2 Å². The van der Waals surface area contributed by atoms with E-state index < -0.39 is 0 Å². The van der Waals surface area contributed by atoms with Gasteiger partial charge in [-0.05, 0) is 29.7 Å². The summed E-state index contributed by atoms with van der Waals surface area (Å²) in [7, 11) is 0. The van der Waals surface area contributed by atoms with E-state index >= 15 is 0 Å². The van der Waals surface area contributed by atoms with Crippen LogP contribution in [-0.4, -0.2) is 5.78 Å². The number of rotatable bonds is 1. The second kappa shape index (κ2) is 3.81. The summed E-state index contributed by atoms with van der Waals surface area (Å²) in [4.78, 5) is 11.3. The number of allylic oxidation sites excluding steroid dienone is 3. The number of benzene rings is 1. The maximum absolute atomic E-state index is 13.5. The molecule has 1 aromatic rings. The molecule has 1 nitrogen and oxygen atoms in total. The van der Waals surface area contributed by atoms with E-state index in [1.807, 2.05) is 0 Å². The number of hydrogen-bond acceptors (Lipinski definition) is 1. The minimum absolute atomic E-state index is 0.0423. The number of hydrogen-bond donors (Lipinski definition) is 0. The molecule has 0 heterocycles. The Bertz CT molecular complexity index is 457. The van der Waals surface area contributed by atoms with Crippen LogP contribution in [0.5, 0.6) is 0 Å². The van der Waals surface area contributed by atoms with Crippen molar-refractivity contribution in [3.63, 3.8) is 0 Å². The van der Waals surface area contributed by atoms with Crippen LogP contribution in [0.15, 0.2) is 42.5 Å². The second-order valence-electron chi connectivity index (χ2n) is 3.61. The molecule has 0 saturated carbocycles. The van der Waals surface area contributed by atoms with Crippen molar-refractivity contribution in [3.05, 3.63) is 53.9 Å². The third kappa shape index (κ3) is 1.89. The molecule has 15 heavy (non-hydrogen) atoms. The van der Waals surface area contributed by atoms with Crippen molar-refractivity contribution in [2.75, 3.05) is 0 Å². The Kier molecular flexibility index (Phi) is 2.50. The first kappa shape index (κ1) is 9.84. The molecule has 0 atom stereocenters. The first-order valence-corrected chi connectivity index (χ1v) is 4.86. The minimum atomic E-state index is -0.306. The fourth-order valence-corrected chi connectivity index (χ4v) is 1.69. The highest BCUT2D eigenvalue weighted by atomic mass is 19.1. The van der Waals surface area contributed by atoms with E-state index in [4.69, 9.17) is 0 Å². The SMILES string of the molecule is C=C1CCC(=O)C=C1c1ccccc1F. The summed E-state index contributed by atoms with van der Waals surface area (Å²) in [6, 6.07) is 6.45. The number of carbonyl (C=O) groups excluding carboxylic acids is 1. The van der Waals surface area contributed by atoms with Gasteiger partial charge in [0.05, 0.1) is 0 Å². The first-order chi connectivity index (χ1) is 7.18. The lowest BCUT2D eigenvalue weighted by molar-refractivity contribution is -0.114. The lowest BCUT2D eigenvalue weighted by Crippen LogP contribution is -2.05. The fourth-order valence-electron chi connectivity index (χ4n) is 1.69. The van der Waals surface area contributed by atoms with Gasteiger partial charge in [-0.1, -0.05) is 24.8 Å². The average Bonchev–Trinajstić information content (AvgIpc) is 2.23. The molecule has 0 radical (unpaired) electrons. The van der Waals surface area contributed by atoms with E-state index in [1.165, 1.54) is 12.1 Å². The summed E-state index contributed by atoms with van der Waals surface area (Å²) in [5.74, 6) is -0.264. The second-order valence-corrected chi connectivity index (χ2v) is 3.61. The van der Waals surface area contributed by atoms with E-state index in [9.17, 15) is 9.18 Å². The third-order valence-corrected chi connectivity index (χ3v) is 2.52. The van der Waals surface area contributed by atoms with Crippen LogP contribution < -0.4 is 0 Å². The molecule has 76 valence electrons. The van der Waals surface area contributed by atoms with Crippen LogP contribution in [0.3, 0.4) is 0 Å². The molecule has 1 aliphatic carbocycles. The van der Waals surface area contributed by atoms with E-state index in [0.717, 1.165) is 5.57 Å². The Morgan fingerprint density at radius 3 is 2.67 bits per heavy atom. The summed E-state index contributed by atoms with van der Waals surface area (Å²) in [6.45, 7) is 3.86. The predicted molar refractivity (Wildman–Crippen MR) is 57.8 cm³/mol. The number of carbonyl (C=O) groups is 1. The van der Waals surface area contributed by atoms with E-state index in [-0.39, 0.29) is 11.6 Å². The van der Waals surface area contributed by atoms with Crippen LogP contribution in [-0.2, 0) is 4.79 Å². The largest absolute Gasteiger partial charge is 0.295 e. The van der Waals surface area contributed by atoms with Crippen LogP contribution in [0.25, 0.3) is 5.57 Å². The monoisotopic (exact) mass is 202 g/mol. The van der Waals surface area contributed by atoms with Crippen LogP contribution >= 0.6 is 0 Å². The molecule has 0 bridgehead atoms. The Morgan fingerprint density at radius 2 is 1.93 bits per heavy atom. The number of ketones is 1. The minimum Gasteiger partial charge on any atom is -0.295 e. The molecule has 0 amide bonds. The van der Waals surface area contributed by atoms with Crippen molar-refractivity contribution >= 4 is 11.4 Å². The zero-order valence-electron chi connectivity index (χ0n) is 8.29. The molecule has 0 spiro atoms. The Balaban J connectivity index is 2.50. The lowest BCUT2D eigenvalue weighted by Gasteiger charge is -2.15. The van der Waals surface area contributed by atoms with Gasteiger partial charge in [-0.25, -0.2) is 4.39 Å². The molecular formula is C13H11FO. The van der Waals surface area contributed by atoms with Gasteiger partial charge in [-0.15, -0.1) is 0 Å². The third-order valence-electron chi connectivity index (χ3n) is 2.52. The lowest BCUT2D eigenvalue weighted by atomic mass is 9.89. The summed E-state index contributed by atoms with van der Waals surface area (Å²) in [6.07, 6.45) is 2.60. The summed E-state index contributed by atoms with van der Waals surface area (Å²) < 4.78 is 13.5. The van der Waals surface area contributed by atoms with Crippen molar-refractivity contribution in [2.24, 2.45) is 0 Å². The Labute approximate surface area is 87.9 Å². The van der Waals surface area contributed by atoms with Crippen molar-refractivity contribution in [1.82, 2.24) is 0 Å². The van der Waals surface area contributed by atoms with Gasteiger partial charge in [-0.3, -0.25) is 4.79 Å². The van der Waals surface area contributed by atoms with Crippen molar-refractivity contribution in [3.8, 4) is 0 Å². The molecule has 0 unspecified atom stereocenters. The zero-order chi connectivity index (χ0) is 10.8. The molecule has 0 aromatic heterocycles. The van der Waals surface area contributed by atoms with Gasteiger partial charge in [0.25, 0.3) is 0 Å². The topological polar surface area (TPSA) is 17.1 Å². The molecule has 0 N–H and O–H groups in total. The summed E-state index contributed by atoms with van der Waals surface area (Å²) >= 11 is 0. The molecule has 1 aromatic carbocycles. The highest BCUT2D eigenvalue weighted by Crippen LogP contribution is 2.30. The van der Waals surface area contributed by atoms with Crippen LogP contribution in [0.1, 0.15) is 18.4 Å². The maximum atomic E-state index is 13.5. The molecule has 2 rings (SSSR count). The first-order valence-electron chi connectivity index (χ1n) is 4.86. The van der Waals surface area contributed by atoms with Crippen molar-refractivity contribution in [1.29, 1.82) is 0 Å². The Hall–Kier alpha value is -1.70. The van der Waals surface area contributed by atoms with Gasteiger partial charge < -0.3 is 0 Å². The van der Waals surface area contributed by atoms with Gasteiger partial charge in [-0.2, -0.15) is 0 Å². The molecular weight excluding hydrogens is 191 g/mol. The average molecular weight is 202 g/mol. The van der Waals surface area contributed by atoms with Crippen LogP contribution in [0.4, 0.5) is 4.39 Å². The van der Waals surface area contributed by atoms with E-state index in [2.05, 4.69) is 6.58 Å². The summed E-state index contributed by atoms with van der Waals surface area (Å²) in [5, 5.41) is 0. The smallest absolute Gasteiger partial charge is 0.156 e. The van der Waals surface area contributed by atoms with Gasteiger partial charge in [0.1, 0.15) is 5.82 Å². The van der Waals surface area contributed by atoms with Crippen LogP contribution in [0.2, 0.25) is 0 Å². The standard InChI is InChI=1S/C13H11FO/c1-9-6-7-10(15)8-12(9)11-4-2-3-5-13(11)14/h2-5,8H,1,6-7H2. The van der Waals surface area contributed by atoms with Gasteiger partial charge in [0.2, 0.25) is 0 Å². The summed E-state index contributed by atoms with van der Waals surface area (Å²) in [5.41, 5.74) is 1.94. The van der Waals surface area contributed by atoms with Crippen molar-refractivity contribution in [2.45, 2.75) is 12.8 Å². The highest BCUT2D eigenvalue weighted by Gasteiger charge is 2.17. The van der Waals surface area contributed by atoms with Gasteiger partial charge in [0.15, 0.2) is 5.78 Å². The van der Waals surface area contributed by atoms with E-state index in [0.29, 0.717) is 24.0 Å². The van der Waals surface area contributed by atoms with Gasteiger partial charge >= 0.3 is 0 Å². The molecule has 0 aliphatic heterocycles.